The first-order valence-electron chi connectivity index (χ1n) is 8.10. The number of nitrogens with one attached hydrogen (secondary N) is 1. The van der Waals surface area contributed by atoms with E-state index in [4.69, 9.17) is 9.94 Å². The Labute approximate surface area is 147 Å². The number of ether oxygens (including phenoxy) is 1. The second kappa shape index (κ2) is 7.83. The third-order valence-electron chi connectivity index (χ3n) is 4.25. The number of benzene rings is 3. The van der Waals surface area contributed by atoms with E-state index in [0.717, 1.165) is 40.0 Å². The number of anilines is 1. The maximum absolute atomic E-state index is 9.52. The van der Waals surface area contributed by atoms with Crippen LogP contribution in [0.5, 0.6) is 5.75 Å². The highest BCUT2D eigenvalue weighted by molar-refractivity contribution is 5.74. The van der Waals surface area contributed by atoms with Gasteiger partial charge in [-0.25, -0.2) is 0 Å². The molecule has 0 radical (unpaired) electrons. The summed E-state index contributed by atoms with van der Waals surface area (Å²) >= 11 is 0. The number of hydrogen-bond donors (Lipinski definition) is 3. The molecule has 3 aromatic rings. The van der Waals surface area contributed by atoms with Gasteiger partial charge in [-0.2, -0.15) is 0 Å². The number of methoxy groups -OCH3 is 1. The monoisotopic (exact) mass is 335 g/mol. The maximum atomic E-state index is 9.52. The maximum Gasteiger partial charge on any atom is 0.126 e. The molecule has 3 aromatic carbocycles. The molecule has 0 heterocycles. The quantitative estimate of drug-likeness (QED) is 0.590. The molecule has 3 N–H and O–H groups in total. The molecule has 3 rings (SSSR count). The fraction of sp³-hybridized carbons (Fsp3) is 0.143. The molecule has 4 nitrogen and oxygen atoms in total. The summed E-state index contributed by atoms with van der Waals surface area (Å²) in [6.07, 6.45) is 0.728. The van der Waals surface area contributed by atoms with Crippen molar-refractivity contribution in [2.24, 2.45) is 0 Å². The molecule has 0 aliphatic carbocycles. The van der Waals surface area contributed by atoms with Crippen molar-refractivity contribution in [3.05, 3.63) is 83.4 Å². The standard InChI is InChI=1S/C21H21NO3/c1-25-21-10-9-15(11-16-5-2-3-6-18(16)14-23)12-20(21)17-7-4-8-19(13-17)22-24/h2-10,12-13,22-24H,11,14H2,1H3. The van der Waals surface area contributed by atoms with E-state index in [9.17, 15) is 5.11 Å². The van der Waals surface area contributed by atoms with E-state index in [2.05, 4.69) is 11.5 Å². The molecule has 0 aliphatic rings. The van der Waals surface area contributed by atoms with Gasteiger partial charge in [0.25, 0.3) is 0 Å². The molecular formula is C21H21NO3. The van der Waals surface area contributed by atoms with E-state index >= 15 is 0 Å². The molecule has 0 aliphatic heterocycles. The Kier molecular flexibility index (Phi) is 5.33. The molecule has 4 heteroatoms. The van der Waals surface area contributed by atoms with Gasteiger partial charge in [0.1, 0.15) is 5.75 Å². The van der Waals surface area contributed by atoms with Crippen LogP contribution in [0, 0.1) is 0 Å². The van der Waals surface area contributed by atoms with E-state index < -0.39 is 0 Å². The van der Waals surface area contributed by atoms with Gasteiger partial charge >= 0.3 is 0 Å². The molecule has 0 unspecified atom stereocenters. The third-order valence-corrected chi connectivity index (χ3v) is 4.25. The zero-order chi connectivity index (χ0) is 17.6. The van der Waals surface area contributed by atoms with Gasteiger partial charge in [-0.05, 0) is 52.9 Å². The Bertz CT molecular complexity index is 861. The average molecular weight is 335 g/mol. The Morgan fingerprint density at radius 1 is 0.920 bits per heavy atom. The second-order valence-electron chi connectivity index (χ2n) is 5.83. The molecule has 0 fully saturated rings. The highest BCUT2D eigenvalue weighted by Crippen LogP contribution is 2.33. The fourth-order valence-corrected chi connectivity index (χ4v) is 2.95. The lowest BCUT2D eigenvalue weighted by molar-refractivity contribution is 0.281. The van der Waals surface area contributed by atoms with Crippen LogP contribution in [0.4, 0.5) is 5.69 Å². The summed E-state index contributed by atoms with van der Waals surface area (Å²) in [4.78, 5) is 0. The van der Waals surface area contributed by atoms with Gasteiger partial charge in [-0.15, -0.1) is 0 Å². The van der Waals surface area contributed by atoms with E-state index in [-0.39, 0.29) is 6.61 Å². The van der Waals surface area contributed by atoms with Crippen LogP contribution < -0.4 is 10.2 Å². The first-order chi connectivity index (χ1) is 12.2. The van der Waals surface area contributed by atoms with E-state index in [1.165, 1.54) is 0 Å². The zero-order valence-corrected chi connectivity index (χ0v) is 14.1. The van der Waals surface area contributed by atoms with Crippen molar-refractivity contribution in [3.8, 4) is 16.9 Å². The van der Waals surface area contributed by atoms with E-state index in [1.54, 1.807) is 13.2 Å². The topological polar surface area (TPSA) is 61.7 Å². The van der Waals surface area contributed by atoms with Crippen LogP contribution >= 0.6 is 0 Å². The Balaban J connectivity index is 2.00. The van der Waals surface area contributed by atoms with Gasteiger partial charge in [-0.3, -0.25) is 10.7 Å². The highest BCUT2D eigenvalue weighted by atomic mass is 16.5. The smallest absolute Gasteiger partial charge is 0.126 e. The van der Waals surface area contributed by atoms with Gasteiger partial charge in [0, 0.05) is 5.56 Å². The van der Waals surface area contributed by atoms with Gasteiger partial charge in [0.15, 0.2) is 0 Å². The Morgan fingerprint density at radius 3 is 2.44 bits per heavy atom. The van der Waals surface area contributed by atoms with Gasteiger partial charge in [0.05, 0.1) is 19.4 Å². The summed E-state index contributed by atoms with van der Waals surface area (Å²) in [7, 11) is 1.65. The molecule has 0 aromatic heterocycles. The van der Waals surface area contributed by atoms with Crippen molar-refractivity contribution in [2.75, 3.05) is 12.6 Å². The summed E-state index contributed by atoms with van der Waals surface area (Å²) < 4.78 is 5.50. The van der Waals surface area contributed by atoms with Crippen LogP contribution in [0.1, 0.15) is 16.7 Å². The van der Waals surface area contributed by atoms with Crippen LogP contribution in [0.2, 0.25) is 0 Å². The van der Waals surface area contributed by atoms with Gasteiger partial charge in [-0.1, -0.05) is 42.5 Å². The molecule has 0 amide bonds. The molecule has 128 valence electrons. The Hall–Kier alpha value is -2.82. The van der Waals surface area contributed by atoms with E-state index in [1.807, 2.05) is 54.6 Å². The molecule has 25 heavy (non-hydrogen) atoms. The molecule has 0 atom stereocenters. The van der Waals surface area contributed by atoms with Gasteiger partial charge in [0.2, 0.25) is 0 Å². The second-order valence-corrected chi connectivity index (χ2v) is 5.83. The lowest BCUT2D eigenvalue weighted by Crippen LogP contribution is -1.97. The van der Waals surface area contributed by atoms with Crippen LogP contribution in [0.3, 0.4) is 0 Å². The summed E-state index contributed by atoms with van der Waals surface area (Å²) in [6.45, 7) is 0.0312. The minimum atomic E-state index is 0.0312. The minimum absolute atomic E-state index is 0.0312. The summed E-state index contributed by atoms with van der Waals surface area (Å²) in [5.41, 5.74) is 7.87. The van der Waals surface area contributed by atoms with Crippen LogP contribution in [0.25, 0.3) is 11.1 Å². The molecule has 0 saturated heterocycles. The van der Waals surface area contributed by atoms with E-state index in [0.29, 0.717) is 5.69 Å². The van der Waals surface area contributed by atoms with Crippen molar-refractivity contribution >= 4 is 5.69 Å². The lowest BCUT2D eigenvalue weighted by atomic mass is 9.96. The lowest BCUT2D eigenvalue weighted by Gasteiger charge is -2.13. The average Bonchev–Trinajstić information content (AvgIpc) is 2.68. The minimum Gasteiger partial charge on any atom is -0.496 e. The van der Waals surface area contributed by atoms with Gasteiger partial charge < -0.3 is 9.84 Å². The third kappa shape index (κ3) is 3.82. The number of aliphatic hydroxyl groups excluding tert-OH is 1. The largest absolute Gasteiger partial charge is 0.496 e. The first-order valence-corrected chi connectivity index (χ1v) is 8.10. The van der Waals surface area contributed by atoms with Crippen LogP contribution in [-0.2, 0) is 13.0 Å². The summed E-state index contributed by atoms with van der Waals surface area (Å²) in [5.74, 6) is 0.772. The molecule has 0 bridgehead atoms. The van der Waals surface area contributed by atoms with Crippen LogP contribution in [-0.4, -0.2) is 17.4 Å². The molecular weight excluding hydrogens is 314 g/mol. The summed E-state index contributed by atoms with van der Waals surface area (Å²) in [6, 6.07) is 21.5. The van der Waals surface area contributed by atoms with Crippen molar-refractivity contribution in [3.63, 3.8) is 0 Å². The summed E-state index contributed by atoms with van der Waals surface area (Å²) in [5, 5.41) is 18.7. The predicted molar refractivity (Wildman–Crippen MR) is 99.0 cm³/mol. The normalized spacial score (nSPS) is 10.5. The Morgan fingerprint density at radius 2 is 1.72 bits per heavy atom. The number of rotatable bonds is 6. The first kappa shape index (κ1) is 17.0. The zero-order valence-electron chi connectivity index (χ0n) is 14.1. The van der Waals surface area contributed by atoms with Crippen molar-refractivity contribution in [1.29, 1.82) is 0 Å². The van der Waals surface area contributed by atoms with Crippen molar-refractivity contribution in [1.82, 2.24) is 0 Å². The van der Waals surface area contributed by atoms with Crippen molar-refractivity contribution in [2.45, 2.75) is 13.0 Å². The molecule has 0 spiro atoms. The van der Waals surface area contributed by atoms with Crippen molar-refractivity contribution < 1.29 is 15.1 Å². The SMILES string of the molecule is COc1ccc(Cc2ccccc2CO)cc1-c1cccc(NO)c1. The highest BCUT2D eigenvalue weighted by Gasteiger charge is 2.10. The predicted octanol–water partition coefficient (Wildman–Crippen LogP) is 4.25. The molecule has 0 saturated carbocycles. The fourth-order valence-electron chi connectivity index (χ4n) is 2.95. The number of aliphatic hydroxyl groups is 1. The van der Waals surface area contributed by atoms with Crippen LogP contribution in [0.15, 0.2) is 66.7 Å². The number of hydrogen-bond acceptors (Lipinski definition) is 4.